The van der Waals surface area contributed by atoms with Gasteiger partial charge in [-0.15, -0.1) is 22.7 Å². The molecule has 17 aromatic rings. The van der Waals surface area contributed by atoms with Crippen LogP contribution in [-0.2, 0) is 16.2 Å². The molecule has 0 spiro atoms. The fraction of sp³-hybridized carbons (Fsp3) is 0.133. The van der Waals surface area contributed by atoms with Crippen molar-refractivity contribution in [3.05, 3.63) is 284 Å². The molecule has 2 aliphatic rings. The molecule has 2 aliphatic heterocycles. The predicted molar refractivity (Wildman–Crippen MR) is 422 cm³/mol. The Bertz CT molecular complexity index is 6340. The fourth-order valence-corrected chi connectivity index (χ4v) is 18.5. The molecular formula is C90H71BN4S2. The first-order valence-corrected chi connectivity index (χ1v) is 35.5. The van der Waals surface area contributed by atoms with E-state index in [0.717, 1.165) is 105 Å². The van der Waals surface area contributed by atoms with Crippen LogP contribution in [0.15, 0.2) is 267 Å². The third kappa shape index (κ3) is 8.60. The van der Waals surface area contributed by atoms with Gasteiger partial charge in [0, 0.05) is 101 Å². The van der Waals surface area contributed by atoms with Gasteiger partial charge in [-0.3, -0.25) is 0 Å². The Balaban J connectivity index is 1.01. The number of fused-ring (bicyclic) bond motifs is 16. The Hall–Kier alpha value is -10.4. The molecule has 466 valence electrons. The molecule has 0 radical (unpaired) electrons. The van der Waals surface area contributed by atoms with Crippen LogP contribution in [0.4, 0.5) is 34.1 Å². The Morgan fingerprint density at radius 1 is 0.320 bits per heavy atom. The normalized spacial score (nSPS) is 13.9. The second-order valence-corrected chi connectivity index (χ2v) is 31.8. The highest BCUT2D eigenvalue weighted by atomic mass is 32.1. The van der Waals surface area contributed by atoms with E-state index in [2.05, 4.69) is 324 Å². The molecule has 0 unspecified atom stereocenters. The van der Waals surface area contributed by atoms with Gasteiger partial charge < -0.3 is 18.9 Å². The lowest BCUT2D eigenvalue weighted by Gasteiger charge is -2.47. The third-order valence-electron chi connectivity index (χ3n) is 20.9. The summed E-state index contributed by atoms with van der Waals surface area (Å²) in [6.45, 7) is 20.8. The first kappa shape index (κ1) is 53.8. The molecule has 7 heteroatoms. The average molecular weight is 1290 g/mol. The summed E-state index contributed by atoms with van der Waals surface area (Å²) < 4.78 is 46.3. The van der Waals surface area contributed by atoms with Crippen LogP contribution < -0.4 is 26.2 Å². The van der Waals surface area contributed by atoms with Crippen molar-refractivity contribution in [2.45, 2.75) is 78.6 Å². The summed E-state index contributed by atoms with van der Waals surface area (Å²) >= 11 is 3.31. The summed E-state index contributed by atoms with van der Waals surface area (Å²) in [5.41, 5.74) is 23.3. The van der Waals surface area contributed by atoms with Crippen molar-refractivity contribution in [1.29, 1.82) is 0 Å². The van der Waals surface area contributed by atoms with Crippen molar-refractivity contribution in [2.75, 3.05) is 9.80 Å². The number of benzene rings is 13. The lowest BCUT2D eigenvalue weighted by atomic mass is 9.33. The van der Waals surface area contributed by atoms with Crippen LogP contribution in [0.1, 0.15) is 84.5 Å². The molecule has 0 bridgehead atoms. The van der Waals surface area contributed by atoms with E-state index in [1.54, 1.807) is 0 Å². The SMILES string of the molecule is [2H]c1c([2H])c([2H])c2c(sc3cccc(-c4cccc(-n5c6ccccc6c6ccccc65)c4N4c5cc(C(C)(C)C)ccc5B5c6ccc(C(C)(C)C)cc6N(c6c(-c7cccc8c7sc7ccccc78)cccc6-n6c7ccccc7c7ccccc76)c6cc(C(C)(C)C)cc4c65)c32)c1[2H]. The summed E-state index contributed by atoms with van der Waals surface area (Å²) in [5.74, 6) is 0. The number of para-hydroxylation sites is 6. The molecule has 0 amide bonds. The highest BCUT2D eigenvalue weighted by Gasteiger charge is 2.47. The van der Waals surface area contributed by atoms with Crippen molar-refractivity contribution in [3.8, 4) is 33.6 Å². The third-order valence-corrected chi connectivity index (χ3v) is 23.2. The number of hydrogen-bond acceptors (Lipinski definition) is 4. The molecule has 4 aromatic heterocycles. The molecule has 6 heterocycles. The number of thiophene rings is 2. The van der Waals surface area contributed by atoms with Crippen LogP contribution in [0, 0.1) is 0 Å². The van der Waals surface area contributed by atoms with Crippen molar-refractivity contribution >= 4 is 164 Å². The number of hydrogen-bond donors (Lipinski definition) is 0. The monoisotopic (exact) mass is 1290 g/mol. The van der Waals surface area contributed by atoms with Crippen molar-refractivity contribution in [1.82, 2.24) is 9.13 Å². The molecule has 0 N–H and O–H groups in total. The molecule has 0 atom stereocenters. The molecule has 4 nitrogen and oxygen atoms in total. The van der Waals surface area contributed by atoms with E-state index in [9.17, 15) is 4.11 Å². The summed E-state index contributed by atoms with van der Waals surface area (Å²) in [6, 6.07) is 90.6. The van der Waals surface area contributed by atoms with Crippen LogP contribution in [0.3, 0.4) is 0 Å². The number of nitrogens with zero attached hydrogens (tertiary/aromatic N) is 4. The van der Waals surface area contributed by atoms with Crippen LogP contribution in [0.5, 0.6) is 0 Å². The average Bonchev–Trinajstić information content (AvgIpc) is 1.27. The van der Waals surface area contributed by atoms with Crippen LogP contribution >= 0.6 is 22.7 Å². The highest BCUT2D eigenvalue weighted by molar-refractivity contribution is 7.26. The van der Waals surface area contributed by atoms with E-state index in [0.29, 0.717) is 10.1 Å². The first-order valence-electron chi connectivity index (χ1n) is 35.9. The standard InChI is InChI=1S/C90H71BN4S2/c1-88(2,3)54-46-48-68-76(50-54)94(85-63(62-32-25-45-82-83(62)67-31-15-21-44-81(67)96-82)33-23-41-74(85)92-70-37-16-10-26-57(70)58-27-11-17-38-71(58)92)78-52-56(90(7,8)9)53-79-84(78)91(68)69-49-47-55(89(4,5)6)51-77(69)95(79)86-64(66-36-22-35-65-61-30-14-20-43-80(61)97-87(65)66)34-24-42-75(86)93-72-39-18-12-28-59(72)60-29-13-19-40-73(60)93/h10-53H,1-9H3/i15D,21D,31D,44D. The molecular weight excluding hydrogens is 1210 g/mol. The lowest BCUT2D eigenvalue weighted by molar-refractivity contribution is 0.590. The maximum absolute atomic E-state index is 9.77. The summed E-state index contributed by atoms with van der Waals surface area (Å²) in [4.78, 5) is 5.34. The minimum Gasteiger partial charge on any atom is -0.309 e. The smallest absolute Gasteiger partial charge is 0.252 e. The predicted octanol–water partition coefficient (Wildman–Crippen LogP) is 23.9. The van der Waals surface area contributed by atoms with Gasteiger partial charge in [0.05, 0.1) is 50.3 Å². The zero-order valence-corrected chi connectivity index (χ0v) is 57.4. The summed E-state index contributed by atoms with van der Waals surface area (Å²) in [7, 11) is 0. The van der Waals surface area contributed by atoms with E-state index >= 15 is 0 Å². The van der Waals surface area contributed by atoms with Gasteiger partial charge in [0.2, 0.25) is 0 Å². The second kappa shape index (κ2) is 21.0. The molecule has 13 aromatic carbocycles. The van der Waals surface area contributed by atoms with Crippen LogP contribution in [-0.4, -0.2) is 15.8 Å². The fourth-order valence-electron chi connectivity index (χ4n) is 16.3. The van der Waals surface area contributed by atoms with E-state index in [4.69, 9.17) is 1.37 Å². The minimum absolute atomic E-state index is 0.0217. The second-order valence-electron chi connectivity index (χ2n) is 29.7. The number of anilines is 6. The Morgan fingerprint density at radius 2 is 0.732 bits per heavy atom. The molecule has 0 saturated carbocycles. The van der Waals surface area contributed by atoms with Gasteiger partial charge in [0.25, 0.3) is 6.71 Å². The minimum atomic E-state index is -0.392. The maximum Gasteiger partial charge on any atom is 0.252 e. The Kier molecular flexibility index (Phi) is 11.7. The molecule has 0 aliphatic carbocycles. The van der Waals surface area contributed by atoms with Gasteiger partial charge in [0.15, 0.2) is 0 Å². The van der Waals surface area contributed by atoms with E-state index in [-0.39, 0.29) is 41.7 Å². The number of aromatic nitrogens is 2. The number of rotatable bonds is 6. The van der Waals surface area contributed by atoms with Crippen molar-refractivity contribution in [3.63, 3.8) is 0 Å². The van der Waals surface area contributed by atoms with Gasteiger partial charge in [0.1, 0.15) is 0 Å². The van der Waals surface area contributed by atoms with E-state index in [1.165, 1.54) is 80.9 Å². The Labute approximate surface area is 580 Å². The van der Waals surface area contributed by atoms with Gasteiger partial charge in [-0.25, -0.2) is 0 Å². The van der Waals surface area contributed by atoms with Crippen LogP contribution in [0.25, 0.3) is 118 Å². The van der Waals surface area contributed by atoms with E-state index in [1.807, 2.05) is 11.3 Å². The first-order chi connectivity index (χ1) is 48.7. The zero-order chi connectivity index (χ0) is 69.0. The van der Waals surface area contributed by atoms with E-state index < -0.39 is 5.41 Å². The van der Waals surface area contributed by atoms with Crippen molar-refractivity contribution < 1.29 is 5.48 Å². The molecule has 19 rings (SSSR count). The lowest BCUT2D eigenvalue weighted by Crippen LogP contribution is -2.61. The van der Waals surface area contributed by atoms with Crippen molar-refractivity contribution in [2.24, 2.45) is 0 Å². The summed E-state index contributed by atoms with van der Waals surface area (Å²) in [5, 5.41) is 8.51. The maximum atomic E-state index is 9.77. The molecule has 0 saturated heterocycles. The molecule has 97 heavy (non-hydrogen) atoms. The van der Waals surface area contributed by atoms with Crippen LogP contribution in [0.2, 0.25) is 0 Å². The summed E-state index contributed by atoms with van der Waals surface area (Å²) in [6.07, 6.45) is 0. The quantitative estimate of drug-likeness (QED) is 0.154. The zero-order valence-electron chi connectivity index (χ0n) is 59.8. The topological polar surface area (TPSA) is 16.3 Å². The Morgan fingerprint density at radius 3 is 1.26 bits per heavy atom. The highest BCUT2D eigenvalue weighted by Crippen LogP contribution is 2.56. The van der Waals surface area contributed by atoms with Gasteiger partial charge in [-0.05, 0) is 134 Å². The largest absolute Gasteiger partial charge is 0.309 e. The molecule has 0 fully saturated rings. The van der Waals surface area contributed by atoms with Gasteiger partial charge >= 0.3 is 0 Å². The van der Waals surface area contributed by atoms with Gasteiger partial charge in [-0.2, -0.15) is 0 Å². The van der Waals surface area contributed by atoms with Gasteiger partial charge in [-0.1, -0.05) is 250 Å².